The third-order valence-corrected chi connectivity index (χ3v) is 5.44. The molecule has 2 aromatic rings. The molecule has 9 heteroatoms. The molecule has 1 aliphatic rings. The number of hydrogen-bond acceptors (Lipinski definition) is 6. The molecule has 1 saturated heterocycles. The lowest BCUT2D eigenvalue weighted by Gasteiger charge is -2.30. The van der Waals surface area contributed by atoms with Gasteiger partial charge in [0.2, 0.25) is 0 Å². The highest BCUT2D eigenvalue weighted by atomic mass is 35.5. The van der Waals surface area contributed by atoms with Crippen LogP contribution in [0.5, 0.6) is 0 Å². The predicted molar refractivity (Wildman–Crippen MR) is 102 cm³/mol. The first-order valence-electron chi connectivity index (χ1n) is 8.34. The van der Waals surface area contributed by atoms with E-state index in [9.17, 15) is 14.9 Å². The van der Waals surface area contributed by atoms with Crippen LogP contribution < -0.4 is 5.32 Å². The Hall–Kier alpha value is -2.03. The Balaban J connectivity index is 1.66. The van der Waals surface area contributed by atoms with Crippen LogP contribution in [0.1, 0.15) is 35.8 Å². The molecule has 0 saturated carbocycles. The van der Waals surface area contributed by atoms with Gasteiger partial charge in [-0.25, -0.2) is 4.98 Å². The molecule has 1 aromatic heterocycles. The molecule has 1 unspecified atom stereocenters. The van der Waals surface area contributed by atoms with Gasteiger partial charge in [0.15, 0.2) is 5.13 Å². The SMILES string of the molecule is CC1CCCN(Cc2csc(NC(=O)c3cc([N+](=O)[O-])ccc3Cl)n2)C1. The zero-order valence-corrected chi connectivity index (χ0v) is 15.8. The van der Waals surface area contributed by atoms with Crippen molar-refractivity contribution in [2.24, 2.45) is 5.92 Å². The summed E-state index contributed by atoms with van der Waals surface area (Å²) in [6.45, 7) is 5.13. The van der Waals surface area contributed by atoms with E-state index in [1.54, 1.807) is 0 Å². The molecule has 0 aliphatic carbocycles. The molecule has 0 spiro atoms. The number of nitro benzene ring substituents is 1. The largest absolute Gasteiger partial charge is 0.298 e. The Morgan fingerprint density at radius 2 is 2.35 bits per heavy atom. The van der Waals surface area contributed by atoms with Crippen molar-refractivity contribution in [3.8, 4) is 0 Å². The van der Waals surface area contributed by atoms with Gasteiger partial charge in [0.1, 0.15) is 0 Å². The number of hydrogen-bond donors (Lipinski definition) is 1. The smallest absolute Gasteiger partial charge is 0.270 e. The third-order valence-electron chi connectivity index (χ3n) is 4.30. The van der Waals surface area contributed by atoms with E-state index >= 15 is 0 Å². The number of benzene rings is 1. The Morgan fingerprint density at radius 3 is 3.08 bits per heavy atom. The van der Waals surface area contributed by atoms with Crippen molar-refractivity contribution in [2.45, 2.75) is 26.3 Å². The van der Waals surface area contributed by atoms with Crippen molar-refractivity contribution >= 4 is 39.7 Å². The summed E-state index contributed by atoms with van der Waals surface area (Å²) >= 11 is 7.33. The lowest BCUT2D eigenvalue weighted by molar-refractivity contribution is -0.384. The fourth-order valence-corrected chi connectivity index (χ4v) is 3.96. The van der Waals surface area contributed by atoms with Gasteiger partial charge in [-0.3, -0.25) is 25.1 Å². The monoisotopic (exact) mass is 394 g/mol. The van der Waals surface area contributed by atoms with Crippen LogP contribution in [0.25, 0.3) is 0 Å². The fourth-order valence-electron chi connectivity index (χ4n) is 3.06. The summed E-state index contributed by atoms with van der Waals surface area (Å²) in [6.07, 6.45) is 2.46. The Kier molecular flexibility index (Phi) is 5.85. The second kappa shape index (κ2) is 8.11. The van der Waals surface area contributed by atoms with Gasteiger partial charge in [-0.15, -0.1) is 11.3 Å². The van der Waals surface area contributed by atoms with E-state index in [1.165, 1.54) is 42.4 Å². The summed E-state index contributed by atoms with van der Waals surface area (Å²) in [5.41, 5.74) is 0.783. The van der Waals surface area contributed by atoms with Gasteiger partial charge in [-0.05, 0) is 31.4 Å². The van der Waals surface area contributed by atoms with Crippen LogP contribution in [-0.4, -0.2) is 33.8 Å². The van der Waals surface area contributed by atoms with Gasteiger partial charge in [0, 0.05) is 30.6 Å². The summed E-state index contributed by atoms with van der Waals surface area (Å²) in [6, 6.07) is 3.78. The minimum absolute atomic E-state index is 0.0578. The van der Waals surface area contributed by atoms with Crippen LogP contribution >= 0.6 is 22.9 Å². The Bertz CT molecular complexity index is 826. The fraction of sp³-hybridized carbons (Fsp3) is 0.412. The van der Waals surface area contributed by atoms with Crippen LogP contribution in [0.3, 0.4) is 0 Å². The Morgan fingerprint density at radius 1 is 1.54 bits per heavy atom. The quantitative estimate of drug-likeness (QED) is 0.606. The minimum Gasteiger partial charge on any atom is -0.298 e. The average Bonchev–Trinajstić information content (AvgIpc) is 3.01. The second-order valence-corrected chi connectivity index (χ2v) is 7.77. The van der Waals surface area contributed by atoms with E-state index in [0.29, 0.717) is 11.0 Å². The number of carbonyl (C=O) groups is 1. The number of nitro groups is 1. The zero-order chi connectivity index (χ0) is 18.7. The number of aromatic nitrogens is 1. The van der Waals surface area contributed by atoms with Gasteiger partial charge >= 0.3 is 0 Å². The van der Waals surface area contributed by atoms with E-state index in [0.717, 1.165) is 25.3 Å². The standard InChI is InChI=1S/C17H19ClN4O3S/c1-11-3-2-6-21(8-11)9-12-10-26-17(19-12)20-16(23)14-7-13(22(24)25)4-5-15(14)18/h4-5,7,10-11H,2-3,6,8-9H2,1H3,(H,19,20,23). The summed E-state index contributed by atoms with van der Waals surface area (Å²) in [7, 11) is 0. The molecular formula is C17H19ClN4O3S. The molecular weight excluding hydrogens is 376 g/mol. The summed E-state index contributed by atoms with van der Waals surface area (Å²) in [5.74, 6) is 0.184. The minimum atomic E-state index is -0.561. The highest BCUT2D eigenvalue weighted by Crippen LogP contribution is 2.25. The van der Waals surface area contributed by atoms with Crippen LogP contribution in [0.15, 0.2) is 23.6 Å². The summed E-state index contributed by atoms with van der Waals surface area (Å²) < 4.78 is 0. The van der Waals surface area contributed by atoms with Crippen LogP contribution in [-0.2, 0) is 6.54 Å². The number of carbonyl (C=O) groups excluding carboxylic acids is 1. The van der Waals surface area contributed by atoms with E-state index < -0.39 is 10.8 Å². The first-order chi connectivity index (χ1) is 12.4. The first-order valence-corrected chi connectivity index (χ1v) is 9.60. The molecule has 26 heavy (non-hydrogen) atoms. The van der Waals surface area contributed by atoms with Crippen molar-refractivity contribution in [3.05, 3.63) is 50.0 Å². The number of halogens is 1. The van der Waals surface area contributed by atoms with Crippen molar-refractivity contribution < 1.29 is 9.72 Å². The lowest BCUT2D eigenvalue weighted by atomic mass is 10.0. The summed E-state index contributed by atoms with van der Waals surface area (Å²) in [5, 5.41) is 16.1. The third kappa shape index (κ3) is 4.57. The molecule has 1 fully saturated rings. The van der Waals surface area contributed by atoms with E-state index in [2.05, 4.69) is 22.1 Å². The van der Waals surface area contributed by atoms with Crippen molar-refractivity contribution in [1.29, 1.82) is 0 Å². The molecule has 3 rings (SSSR count). The molecule has 1 aromatic carbocycles. The van der Waals surface area contributed by atoms with E-state index in [1.807, 2.05) is 5.38 Å². The number of nitrogens with one attached hydrogen (secondary N) is 1. The number of amides is 1. The molecule has 1 aliphatic heterocycles. The van der Waals surface area contributed by atoms with Crippen molar-refractivity contribution in [3.63, 3.8) is 0 Å². The molecule has 0 bridgehead atoms. The number of non-ortho nitro benzene ring substituents is 1. The first kappa shape index (κ1) is 18.8. The molecule has 1 N–H and O–H groups in total. The number of nitrogens with zero attached hydrogens (tertiary/aromatic N) is 3. The van der Waals surface area contributed by atoms with Gasteiger partial charge in [0.05, 0.1) is 21.2 Å². The molecule has 1 amide bonds. The zero-order valence-electron chi connectivity index (χ0n) is 14.3. The highest BCUT2D eigenvalue weighted by molar-refractivity contribution is 7.14. The topological polar surface area (TPSA) is 88.4 Å². The number of thiazole rings is 1. The number of likely N-dealkylation sites (tertiary alicyclic amines) is 1. The maximum atomic E-state index is 12.4. The van der Waals surface area contributed by atoms with Crippen LogP contribution in [0.4, 0.5) is 10.8 Å². The van der Waals surface area contributed by atoms with Crippen molar-refractivity contribution in [2.75, 3.05) is 18.4 Å². The maximum absolute atomic E-state index is 12.4. The molecule has 1 atom stereocenters. The van der Waals surface area contributed by atoms with Gasteiger partial charge < -0.3 is 0 Å². The van der Waals surface area contributed by atoms with Gasteiger partial charge in [-0.2, -0.15) is 0 Å². The van der Waals surface area contributed by atoms with Crippen molar-refractivity contribution in [1.82, 2.24) is 9.88 Å². The van der Waals surface area contributed by atoms with Crippen LogP contribution in [0.2, 0.25) is 5.02 Å². The normalized spacial score (nSPS) is 17.8. The molecule has 138 valence electrons. The van der Waals surface area contributed by atoms with E-state index in [4.69, 9.17) is 11.6 Å². The van der Waals surface area contributed by atoms with E-state index in [-0.39, 0.29) is 16.3 Å². The van der Waals surface area contributed by atoms with Gasteiger partial charge in [0.25, 0.3) is 11.6 Å². The number of piperidine rings is 1. The van der Waals surface area contributed by atoms with Crippen LogP contribution in [0, 0.1) is 16.0 Å². The molecule has 7 nitrogen and oxygen atoms in total. The maximum Gasteiger partial charge on any atom is 0.270 e. The molecule has 0 radical (unpaired) electrons. The number of anilines is 1. The Labute approximate surface area is 160 Å². The predicted octanol–water partition coefficient (Wildman–Crippen LogP) is 4.19. The average molecular weight is 395 g/mol. The van der Waals surface area contributed by atoms with Gasteiger partial charge in [-0.1, -0.05) is 18.5 Å². The number of rotatable bonds is 5. The summed E-state index contributed by atoms with van der Waals surface area (Å²) in [4.78, 5) is 29.5. The second-order valence-electron chi connectivity index (χ2n) is 6.50. The highest BCUT2D eigenvalue weighted by Gasteiger charge is 2.19. The molecule has 2 heterocycles. The lowest BCUT2D eigenvalue weighted by Crippen LogP contribution is -2.33.